The summed E-state index contributed by atoms with van der Waals surface area (Å²) < 4.78 is 7.47. The van der Waals surface area contributed by atoms with Crippen molar-refractivity contribution in [3.05, 3.63) is 12.7 Å². The van der Waals surface area contributed by atoms with E-state index in [4.69, 9.17) is 4.74 Å². The van der Waals surface area contributed by atoms with Crippen molar-refractivity contribution in [2.75, 3.05) is 6.61 Å². The van der Waals surface area contributed by atoms with Crippen LogP contribution in [0.15, 0.2) is 12.7 Å². The van der Waals surface area contributed by atoms with E-state index in [1.54, 1.807) is 11.0 Å². The highest BCUT2D eigenvalue weighted by Gasteiger charge is 2.57. The lowest BCUT2D eigenvalue weighted by molar-refractivity contribution is -0.146. The van der Waals surface area contributed by atoms with E-state index in [9.17, 15) is 4.79 Å². The lowest BCUT2D eigenvalue weighted by Crippen LogP contribution is -2.64. The number of carbonyl (C=O) groups excluding carboxylic acids is 1. The van der Waals surface area contributed by atoms with Crippen molar-refractivity contribution in [1.29, 1.82) is 0 Å². The average molecular weight is 292 g/mol. The summed E-state index contributed by atoms with van der Waals surface area (Å²) in [6, 6.07) is -0.0767. The van der Waals surface area contributed by atoms with Gasteiger partial charge in [-0.25, -0.2) is 9.67 Å². The van der Waals surface area contributed by atoms with Gasteiger partial charge in [-0.2, -0.15) is 5.10 Å². The minimum atomic E-state index is -0.322. The maximum atomic E-state index is 12.4. The van der Waals surface area contributed by atoms with Gasteiger partial charge in [0.15, 0.2) is 0 Å². The Morgan fingerprint density at radius 3 is 2.90 bits per heavy atom. The summed E-state index contributed by atoms with van der Waals surface area (Å²) in [5.74, 6) is 0.0201. The molecule has 1 N–H and O–H groups in total. The fourth-order valence-corrected chi connectivity index (χ4v) is 3.92. The zero-order chi connectivity index (χ0) is 14.9. The molecule has 2 aliphatic rings. The topological polar surface area (TPSA) is 69.0 Å². The summed E-state index contributed by atoms with van der Waals surface area (Å²) in [7, 11) is 0. The maximum Gasteiger partial charge on any atom is 0.244 e. The van der Waals surface area contributed by atoms with Crippen LogP contribution >= 0.6 is 0 Å². The number of rotatable bonds is 5. The summed E-state index contributed by atoms with van der Waals surface area (Å²) >= 11 is 0. The van der Waals surface area contributed by atoms with E-state index in [1.807, 2.05) is 13.8 Å². The molecule has 1 aromatic heterocycles. The van der Waals surface area contributed by atoms with Gasteiger partial charge >= 0.3 is 0 Å². The minimum absolute atomic E-state index is 0.0201. The molecule has 21 heavy (non-hydrogen) atoms. The molecule has 6 heteroatoms. The number of hydrogen-bond acceptors (Lipinski definition) is 4. The Morgan fingerprint density at radius 1 is 1.52 bits per heavy atom. The van der Waals surface area contributed by atoms with E-state index in [-0.39, 0.29) is 23.4 Å². The Labute approximate surface area is 125 Å². The molecule has 2 saturated carbocycles. The van der Waals surface area contributed by atoms with Crippen molar-refractivity contribution in [2.45, 2.75) is 64.1 Å². The van der Waals surface area contributed by atoms with Crippen molar-refractivity contribution in [3.8, 4) is 0 Å². The monoisotopic (exact) mass is 292 g/mol. The van der Waals surface area contributed by atoms with Crippen LogP contribution in [0.4, 0.5) is 0 Å². The molecule has 0 aliphatic heterocycles. The van der Waals surface area contributed by atoms with Gasteiger partial charge < -0.3 is 10.1 Å². The van der Waals surface area contributed by atoms with E-state index in [0.29, 0.717) is 6.10 Å². The molecule has 1 heterocycles. The van der Waals surface area contributed by atoms with Crippen molar-refractivity contribution >= 4 is 5.91 Å². The predicted molar refractivity (Wildman–Crippen MR) is 77.6 cm³/mol. The van der Waals surface area contributed by atoms with Crippen molar-refractivity contribution < 1.29 is 9.53 Å². The summed E-state index contributed by atoms with van der Waals surface area (Å²) in [6.45, 7) is 4.65. The van der Waals surface area contributed by atoms with E-state index < -0.39 is 0 Å². The predicted octanol–water partition coefficient (Wildman–Crippen LogP) is 1.69. The molecule has 6 nitrogen and oxygen atoms in total. The van der Waals surface area contributed by atoms with Crippen LogP contribution in [0, 0.1) is 5.41 Å². The summed E-state index contributed by atoms with van der Waals surface area (Å²) in [6.07, 6.45) is 9.11. The normalized spacial score (nSPS) is 28.3. The first-order valence-electron chi connectivity index (χ1n) is 7.93. The Morgan fingerprint density at radius 2 is 2.29 bits per heavy atom. The van der Waals surface area contributed by atoms with Gasteiger partial charge in [0.2, 0.25) is 5.91 Å². The first-order chi connectivity index (χ1) is 10.2. The van der Waals surface area contributed by atoms with Gasteiger partial charge in [-0.05, 0) is 33.1 Å². The van der Waals surface area contributed by atoms with Gasteiger partial charge in [0.25, 0.3) is 0 Å². The summed E-state index contributed by atoms with van der Waals surface area (Å²) in [5.41, 5.74) is 0.174. The van der Waals surface area contributed by atoms with Crippen LogP contribution < -0.4 is 5.32 Å². The molecule has 0 unspecified atom stereocenters. The second kappa shape index (κ2) is 5.75. The first-order valence-corrected chi connectivity index (χ1v) is 7.93. The SMILES string of the molecule is CCO[C@@H]1C[C@H](NC(=O)[C@H](C)n2cncn2)C12CCCC2. The largest absolute Gasteiger partial charge is 0.378 e. The van der Waals surface area contributed by atoms with E-state index >= 15 is 0 Å². The van der Waals surface area contributed by atoms with E-state index in [0.717, 1.165) is 13.0 Å². The van der Waals surface area contributed by atoms with E-state index in [2.05, 4.69) is 15.4 Å². The standard InChI is InChI=1S/C15H24N4O2/c1-3-21-13-8-12(15(13)6-4-5-7-15)18-14(20)11(2)19-10-16-9-17-19/h9-13H,3-8H2,1-2H3,(H,18,20)/t11-,12-,13+/m0/s1. The maximum absolute atomic E-state index is 12.4. The molecule has 0 radical (unpaired) electrons. The molecule has 0 saturated heterocycles. The van der Waals surface area contributed by atoms with Crippen molar-refractivity contribution in [2.24, 2.45) is 5.41 Å². The van der Waals surface area contributed by atoms with Crippen LogP contribution in [0.3, 0.4) is 0 Å². The molecule has 2 fully saturated rings. The summed E-state index contributed by atoms with van der Waals surface area (Å²) in [4.78, 5) is 16.3. The number of nitrogens with zero attached hydrogens (tertiary/aromatic N) is 3. The van der Waals surface area contributed by atoms with Crippen molar-refractivity contribution in [3.63, 3.8) is 0 Å². The number of aromatic nitrogens is 3. The molecule has 1 spiro atoms. The van der Waals surface area contributed by atoms with Crippen LogP contribution in [-0.2, 0) is 9.53 Å². The first kappa shape index (κ1) is 14.5. The fourth-order valence-electron chi connectivity index (χ4n) is 3.92. The van der Waals surface area contributed by atoms with E-state index in [1.165, 1.54) is 32.0 Å². The highest BCUT2D eigenvalue weighted by atomic mass is 16.5. The zero-order valence-corrected chi connectivity index (χ0v) is 12.8. The van der Waals surface area contributed by atoms with Gasteiger partial charge in [-0.1, -0.05) is 12.8 Å². The lowest BCUT2D eigenvalue weighted by Gasteiger charge is -2.54. The molecule has 2 aliphatic carbocycles. The highest BCUT2D eigenvalue weighted by molar-refractivity contribution is 5.80. The van der Waals surface area contributed by atoms with Crippen LogP contribution in [0.1, 0.15) is 52.0 Å². The highest BCUT2D eigenvalue weighted by Crippen LogP contribution is 2.54. The second-order valence-electron chi connectivity index (χ2n) is 6.23. The molecule has 3 atom stereocenters. The van der Waals surface area contributed by atoms with Crippen molar-refractivity contribution in [1.82, 2.24) is 20.1 Å². The molecular formula is C15H24N4O2. The minimum Gasteiger partial charge on any atom is -0.378 e. The smallest absolute Gasteiger partial charge is 0.244 e. The molecule has 116 valence electrons. The summed E-state index contributed by atoms with van der Waals surface area (Å²) in [5, 5.41) is 7.26. The third-order valence-corrected chi connectivity index (χ3v) is 5.22. The third-order valence-electron chi connectivity index (χ3n) is 5.22. The lowest BCUT2D eigenvalue weighted by atomic mass is 9.60. The fraction of sp³-hybridized carbons (Fsp3) is 0.800. The van der Waals surface area contributed by atoms with Crippen LogP contribution in [0.25, 0.3) is 0 Å². The average Bonchev–Trinajstić information content (AvgIpc) is 3.17. The zero-order valence-electron chi connectivity index (χ0n) is 12.8. The second-order valence-corrected chi connectivity index (χ2v) is 6.23. The van der Waals surface area contributed by atoms with Crippen LogP contribution in [0.2, 0.25) is 0 Å². The van der Waals surface area contributed by atoms with Gasteiger partial charge in [0, 0.05) is 18.1 Å². The molecule has 0 aromatic carbocycles. The Bertz CT molecular complexity index is 482. The van der Waals surface area contributed by atoms with Gasteiger partial charge in [-0.15, -0.1) is 0 Å². The molecular weight excluding hydrogens is 268 g/mol. The van der Waals surface area contributed by atoms with Crippen LogP contribution in [0.5, 0.6) is 0 Å². The Kier molecular flexibility index (Phi) is 3.97. The third kappa shape index (κ3) is 2.46. The van der Waals surface area contributed by atoms with Gasteiger partial charge in [-0.3, -0.25) is 4.79 Å². The number of carbonyl (C=O) groups is 1. The Balaban J connectivity index is 1.64. The Hall–Kier alpha value is -1.43. The number of hydrogen-bond donors (Lipinski definition) is 1. The molecule has 1 aromatic rings. The molecule has 0 bridgehead atoms. The molecule has 3 rings (SSSR count). The number of nitrogens with one attached hydrogen (secondary N) is 1. The van der Waals surface area contributed by atoms with Crippen LogP contribution in [-0.4, -0.2) is 39.4 Å². The number of ether oxygens (including phenoxy) is 1. The quantitative estimate of drug-likeness (QED) is 0.896. The van der Waals surface area contributed by atoms with Gasteiger partial charge in [0.1, 0.15) is 18.7 Å². The number of amides is 1. The molecule has 1 amide bonds. The van der Waals surface area contributed by atoms with Gasteiger partial charge in [0.05, 0.1) is 6.10 Å².